The Bertz CT molecular complexity index is 325. The Morgan fingerprint density at radius 2 is 2.11 bits per heavy atom. The third-order valence-electron chi connectivity index (χ3n) is 4.95. The maximum Gasteiger partial charge on any atom is 0.227 e. The molecule has 2 N–H and O–H groups in total. The number of hydrogen-bond donors (Lipinski definition) is 1. The Labute approximate surface area is 117 Å². The maximum absolute atomic E-state index is 12.7. The molecular weight excluding hydrogens is 236 g/mol. The van der Waals surface area contributed by atoms with E-state index in [1.54, 1.807) is 0 Å². The molecule has 1 aliphatic carbocycles. The molecule has 3 heteroatoms. The number of amides is 1. The molecule has 0 spiro atoms. The average Bonchev–Trinajstić information content (AvgIpc) is 2.75. The summed E-state index contributed by atoms with van der Waals surface area (Å²) in [5.41, 5.74) is 6.07. The number of carbonyl (C=O) groups is 1. The SMILES string of the molecule is CC(C)CC1CCN(C(=O)C2CCCCC2(C)N)C1. The summed E-state index contributed by atoms with van der Waals surface area (Å²) in [6.45, 7) is 8.51. The predicted octanol–water partition coefficient (Wildman–Crippen LogP) is 2.79. The Hall–Kier alpha value is -0.570. The zero-order valence-electron chi connectivity index (χ0n) is 12.8. The number of nitrogens with zero attached hydrogens (tertiary/aromatic N) is 1. The molecule has 1 amide bonds. The highest BCUT2D eigenvalue weighted by atomic mass is 16.2. The zero-order valence-corrected chi connectivity index (χ0v) is 12.8. The van der Waals surface area contributed by atoms with Crippen LogP contribution in [0, 0.1) is 17.8 Å². The van der Waals surface area contributed by atoms with Crippen LogP contribution in [0.15, 0.2) is 0 Å². The van der Waals surface area contributed by atoms with Crippen molar-refractivity contribution < 1.29 is 4.79 Å². The maximum atomic E-state index is 12.7. The number of carbonyl (C=O) groups excluding carboxylic acids is 1. The van der Waals surface area contributed by atoms with Gasteiger partial charge in [-0.3, -0.25) is 4.79 Å². The van der Waals surface area contributed by atoms with Gasteiger partial charge in [0.1, 0.15) is 0 Å². The van der Waals surface area contributed by atoms with Crippen molar-refractivity contribution >= 4 is 5.91 Å². The van der Waals surface area contributed by atoms with Crippen LogP contribution in [0.5, 0.6) is 0 Å². The third-order valence-corrected chi connectivity index (χ3v) is 4.95. The first-order valence-electron chi connectivity index (χ1n) is 7.98. The van der Waals surface area contributed by atoms with Gasteiger partial charge in [0.05, 0.1) is 5.92 Å². The Morgan fingerprint density at radius 1 is 1.37 bits per heavy atom. The highest BCUT2D eigenvalue weighted by Gasteiger charge is 2.41. The van der Waals surface area contributed by atoms with Gasteiger partial charge in [0, 0.05) is 18.6 Å². The number of hydrogen-bond acceptors (Lipinski definition) is 2. The van der Waals surface area contributed by atoms with E-state index < -0.39 is 0 Å². The molecule has 1 saturated heterocycles. The van der Waals surface area contributed by atoms with E-state index in [4.69, 9.17) is 5.73 Å². The molecule has 3 unspecified atom stereocenters. The molecule has 0 aromatic rings. The standard InChI is InChI=1S/C16H30N2O/c1-12(2)10-13-7-9-18(11-13)15(19)14-6-4-5-8-16(14,3)17/h12-14H,4-11,17H2,1-3H3. The third kappa shape index (κ3) is 3.50. The Balaban J connectivity index is 1.93. The van der Waals surface area contributed by atoms with Crippen LogP contribution in [0.4, 0.5) is 0 Å². The predicted molar refractivity (Wildman–Crippen MR) is 78.7 cm³/mol. The van der Waals surface area contributed by atoms with Crippen LogP contribution in [0.1, 0.15) is 59.3 Å². The molecule has 19 heavy (non-hydrogen) atoms. The van der Waals surface area contributed by atoms with Gasteiger partial charge in [-0.15, -0.1) is 0 Å². The lowest BCUT2D eigenvalue weighted by molar-refractivity contribution is -0.138. The molecule has 0 bridgehead atoms. The van der Waals surface area contributed by atoms with Crippen molar-refractivity contribution in [1.82, 2.24) is 4.90 Å². The number of likely N-dealkylation sites (tertiary alicyclic amines) is 1. The second kappa shape index (κ2) is 5.82. The fourth-order valence-electron chi connectivity index (χ4n) is 3.88. The first-order valence-corrected chi connectivity index (χ1v) is 7.98. The summed E-state index contributed by atoms with van der Waals surface area (Å²) in [5.74, 6) is 1.82. The first kappa shape index (κ1) is 14.8. The molecule has 2 fully saturated rings. The first-order chi connectivity index (χ1) is 8.90. The molecule has 2 aliphatic rings. The van der Waals surface area contributed by atoms with Crippen molar-refractivity contribution in [3.8, 4) is 0 Å². The van der Waals surface area contributed by atoms with Crippen molar-refractivity contribution in [3.05, 3.63) is 0 Å². The van der Waals surface area contributed by atoms with Gasteiger partial charge < -0.3 is 10.6 Å². The minimum atomic E-state index is -0.286. The van der Waals surface area contributed by atoms with Crippen LogP contribution in [-0.4, -0.2) is 29.4 Å². The fraction of sp³-hybridized carbons (Fsp3) is 0.938. The molecule has 0 aromatic heterocycles. The summed E-state index contributed by atoms with van der Waals surface area (Å²) >= 11 is 0. The second-order valence-corrected chi connectivity index (χ2v) is 7.37. The van der Waals surface area contributed by atoms with Crippen LogP contribution in [0.25, 0.3) is 0 Å². The summed E-state index contributed by atoms with van der Waals surface area (Å²) in [5, 5.41) is 0. The summed E-state index contributed by atoms with van der Waals surface area (Å²) in [7, 11) is 0. The van der Waals surface area contributed by atoms with Crippen LogP contribution >= 0.6 is 0 Å². The summed E-state index contributed by atoms with van der Waals surface area (Å²) in [6, 6.07) is 0. The van der Waals surface area contributed by atoms with Gasteiger partial charge in [0.2, 0.25) is 5.91 Å². The van der Waals surface area contributed by atoms with Crippen molar-refractivity contribution in [2.45, 2.75) is 64.8 Å². The topological polar surface area (TPSA) is 46.3 Å². The molecule has 1 aliphatic heterocycles. The van der Waals surface area contributed by atoms with Gasteiger partial charge in [-0.25, -0.2) is 0 Å². The van der Waals surface area contributed by atoms with E-state index in [0.717, 1.165) is 38.3 Å². The van der Waals surface area contributed by atoms with E-state index in [1.807, 2.05) is 0 Å². The quantitative estimate of drug-likeness (QED) is 0.854. The molecule has 3 nitrogen and oxygen atoms in total. The van der Waals surface area contributed by atoms with Gasteiger partial charge in [-0.1, -0.05) is 26.7 Å². The summed E-state index contributed by atoms with van der Waals surface area (Å²) in [6.07, 6.45) is 6.73. The van der Waals surface area contributed by atoms with Gasteiger partial charge in [0.15, 0.2) is 0 Å². The summed E-state index contributed by atoms with van der Waals surface area (Å²) in [4.78, 5) is 14.8. The zero-order chi connectivity index (χ0) is 14.0. The lowest BCUT2D eigenvalue weighted by Gasteiger charge is -2.39. The van der Waals surface area contributed by atoms with E-state index in [1.165, 1.54) is 19.3 Å². The van der Waals surface area contributed by atoms with Crippen molar-refractivity contribution in [3.63, 3.8) is 0 Å². The van der Waals surface area contributed by atoms with Crippen LogP contribution in [0.3, 0.4) is 0 Å². The molecule has 0 aromatic carbocycles. The van der Waals surface area contributed by atoms with E-state index in [-0.39, 0.29) is 11.5 Å². The molecule has 2 rings (SSSR count). The van der Waals surface area contributed by atoms with Crippen molar-refractivity contribution in [1.29, 1.82) is 0 Å². The molecule has 1 saturated carbocycles. The van der Waals surface area contributed by atoms with Gasteiger partial charge >= 0.3 is 0 Å². The normalized spacial score (nSPS) is 35.9. The minimum absolute atomic E-state index is 0.0547. The average molecular weight is 266 g/mol. The number of rotatable bonds is 3. The van der Waals surface area contributed by atoms with Crippen molar-refractivity contribution in [2.75, 3.05) is 13.1 Å². The van der Waals surface area contributed by atoms with Crippen LogP contribution < -0.4 is 5.73 Å². The van der Waals surface area contributed by atoms with E-state index in [9.17, 15) is 4.79 Å². The summed E-state index contributed by atoms with van der Waals surface area (Å²) < 4.78 is 0. The number of nitrogens with two attached hydrogens (primary N) is 1. The van der Waals surface area contributed by atoms with E-state index in [2.05, 4.69) is 25.7 Å². The highest BCUT2D eigenvalue weighted by Crippen LogP contribution is 2.34. The molecule has 0 radical (unpaired) electrons. The lowest BCUT2D eigenvalue weighted by Crippen LogP contribution is -2.53. The molecule has 1 heterocycles. The minimum Gasteiger partial charge on any atom is -0.342 e. The largest absolute Gasteiger partial charge is 0.342 e. The van der Waals surface area contributed by atoms with E-state index >= 15 is 0 Å². The lowest BCUT2D eigenvalue weighted by atomic mass is 9.74. The Kier molecular flexibility index (Phi) is 4.54. The van der Waals surface area contributed by atoms with Crippen LogP contribution in [0.2, 0.25) is 0 Å². The molecule has 110 valence electrons. The van der Waals surface area contributed by atoms with Crippen molar-refractivity contribution in [2.24, 2.45) is 23.5 Å². The smallest absolute Gasteiger partial charge is 0.227 e. The monoisotopic (exact) mass is 266 g/mol. The van der Waals surface area contributed by atoms with Gasteiger partial charge in [-0.2, -0.15) is 0 Å². The molecular formula is C16H30N2O. The van der Waals surface area contributed by atoms with Gasteiger partial charge in [-0.05, 0) is 44.4 Å². The fourth-order valence-corrected chi connectivity index (χ4v) is 3.88. The van der Waals surface area contributed by atoms with Gasteiger partial charge in [0.25, 0.3) is 0 Å². The highest BCUT2D eigenvalue weighted by molar-refractivity contribution is 5.80. The Morgan fingerprint density at radius 3 is 2.74 bits per heavy atom. The molecule has 3 atom stereocenters. The second-order valence-electron chi connectivity index (χ2n) is 7.37. The van der Waals surface area contributed by atoms with Crippen LogP contribution in [-0.2, 0) is 4.79 Å². The van der Waals surface area contributed by atoms with E-state index in [0.29, 0.717) is 11.8 Å².